The average molecular weight is 470 g/mol. The molecule has 0 bridgehead atoms. The summed E-state index contributed by atoms with van der Waals surface area (Å²) in [4.78, 5) is 6.18. The van der Waals surface area contributed by atoms with Crippen LogP contribution in [0, 0.1) is 0 Å². The highest BCUT2D eigenvalue weighted by Gasteiger charge is 2.26. The van der Waals surface area contributed by atoms with Crippen molar-refractivity contribution in [3.63, 3.8) is 0 Å². The molecule has 0 N–H and O–H groups in total. The SMILES string of the molecule is CCCCCn1c(-c2cccc(S(=O)(=O)N3CCCCC3)c2)csc1=Nc1ccccc1. The van der Waals surface area contributed by atoms with E-state index >= 15 is 0 Å². The van der Waals surface area contributed by atoms with Gasteiger partial charge in [-0.05, 0) is 43.5 Å². The molecule has 2 aromatic carbocycles. The molecule has 1 aliphatic rings. The van der Waals surface area contributed by atoms with Crippen LogP contribution in [0.25, 0.3) is 11.3 Å². The van der Waals surface area contributed by atoms with Crippen molar-refractivity contribution in [3.8, 4) is 11.3 Å². The maximum Gasteiger partial charge on any atom is 0.243 e. The minimum absolute atomic E-state index is 0.379. The number of piperidine rings is 1. The van der Waals surface area contributed by atoms with Gasteiger partial charge in [0.15, 0.2) is 4.80 Å². The van der Waals surface area contributed by atoms with Crippen LogP contribution in [0.5, 0.6) is 0 Å². The van der Waals surface area contributed by atoms with Crippen molar-refractivity contribution in [1.82, 2.24) is 8.87 Å². The molecule has 2 heterocycles. The summed E-state index contributed by atoms with van der Waals surface area (Å²) in [6, 6.07) is 17.4. The quantitative estimate of drug-likeness (QED) is 0.391. The van der Waals surface area contributed by atoms with E-state index in [2.05, 4.69) is 16.9 Å². The Balaban J connectivity index is 1.73. The van der Waals surface area contributed by atoms with Crippen LogP contribution in [0.2, 0.25) is 0 Å². The molecule has 1 saturated heterocycles. The molecule has 7 heteroatoms. The normalized spacial score (nSPS) is 15.8. The minimum Gasteiger partial charge on any atom is -0.316 e. The first-order valence-corrected chi connectivity index (χ1v) is 13.8. The van der Waals surface area contributed by atoms with E-state index in [1.165, 1.54) is 0 Å². The largest absolute Gasteiger partial charge is 0.316 e. The fourth-order valence-electron chi connectivity index (χ4n) is 4.07. The van der Waals surface area contributed by atoms with Crippen LogP contribution < -0.4 is 4.80 Å². The van der Waals surface area contributed by atoms with Crippen LogP contribution in [-0.4, -0.2) is 30.4 Å². The van der Waals surface area contributed by atoms with Gasteiger partial charge in [-0.25, -0.2) is 13.4 Å². The van der Waals surface area contributed by atoms with Crippen LogP contribution in [0.3, 0.4) is 0 Å². The molecule has 0 aliphatic carbocycles. The Bertz CT molecular complexity index is 1190. The fourth-order valence-corrected chi connectivity index (χ4v) is 6.59. The zero-order chi connectivity index (χ0) is 22.4. The maximum absolute atomic E-state index is 13.2. The van der Waals surface area contributed by atoms with Crippen molar-refractivity contribution in [3.05, 3.63) is 64.8 Å². The molecular weight excluding hydrogens is 438 g/mol. The van der Waals surface area contributed by atoms with Crippen molar-refractivity contribution < 1.29 is 8.42 Å². The second kappa shape index (κ2) is 10.6. The summed E-state index contributed by atoms with van der Waals surface area (Å²) in [5.74, 6) is 0. The summed E-state index contributed by atoms with van der Waals surface area (Å²) in [6.07, 6.45) is 6.34. The number of rotatable bonds is 8. The molecule has 0 radical (unpaired) electrons. The third-order valence-corrected chi connectivity index (χ3v) is 8.60. The monoisotopic (exact) mass is 469 g/mol. The van der Waals surface area contributed by atoms with Gasteiger partial charge in [0.05, 0.1) is 16.3 Å². The van der Waals surface area contributed by atoms with Gasteiger partial charge in [-0.15, -0.1) is 11.3 Å². The number of hydrogen-bond donors (Lipinski definition) is 0. The molecule has 0 atom stereocenters. The highest BCUT2D eigenvalue weighted by molar-refractivity contribution is 7.89. The van der Waals surface area contributed by atoms with Gasteiger partial charge in [-0.1, -0.05) is 56.5 Å². The zero-order valence-electron chi connectivity index (χ0n) is 18.6. The highest BCUT2D eigenvalue weighted by atomic mass is 32.2. The van der Waals surface area contributed by atoms with E-state index in [0.29, 0.717) is 18.0 Å². The molecule has 0 amide bonds. The lowest BCUT2D eigenvalue weighted by atomic mass is 10.1. The Labute approximate surface area is 195 Å². The van der Waals surface area contributed by atoms with Crippen LogP contribution in [-0.2, 0) is 16.6 Å². The van der Waals surface area contributed by atoms with E-state index in [0.717, 1.165) is 66.8 Å². The van der Waals surface area contributed by atoms with Crippen molar-refractivity contribution >= 4 is 27.0 Å². The minimum atomic E-state index is -3.46. The predicted molar refractivity (Wildman–Crippen MR) is 132 cm³/mol. The summed E-state index contributed by atoms with van der Waals surface area (Å²) >= 11 is 1.60. The third kappa shape index (κ3) is 5.22. The first kappa shape index (κ1) is 23.0. The average Bonchev–Trinajstić information content (AvgIpc) is 3.23. The molecular formula is C25H31N3O2S2. The van der Waals surface area contributed by atoms with Crippen molar-refractivity contribution in [2.75, 3.05) is 13.1 Å². The van der Waals surface area contributed by atoms with E-state index < -0.39 is 10.0 Å². The smallest absolute Gasteiger partial charge is 0.243 e. The molecule has 0 unspecified atom stereocenters. The Morgan fingerprint density at radius 1 is 0.969 bits per heavy atom. The summed E-state index contributed by atoms with van der Waals surface area (Å²) < 4.78 is 30.3. The molecule has 3 aromatic rings. The number of benzene rings is 2. The molecule has 1 aromatic heterocycles. The van der Waals surface area contributed by atoms with Gasteiger partial charge in [0.2, 0.25) is 10.0 Å². The first-order valence-electron chi connectivity index (χ1n) is 11.5. The maximum atomic E-state index is 13.2. The fraction of sp³-hybridized carbons (Fsp3) is 0.400. The standard InChI is InChI=1S/C25H31N3O2S2/c1-2-3-8-18-28-24(20-31-25(28)26-22-13-6-4-7-14-22)21-12-11-15-23(19-21)32(29,30)27-16-9-5-10-17-27/h4,6-7,11-15,19-20H,2-3,5,8-10,16-18H2,1H3. The van der Waals surface area contributed by atoms with Crippen LogP contribution in [0.15, 0.2) is 69.9 Å². The van der Waals surface area contributed by atoms with E-state index in [9.17, 15) is 8.42 Å². The van der Waals surface area contributed by atoms with Crippen molar-refractivity contribution in [2.24, 2.45) is 4.99 Å². The lowest BCUT2D eigenvalue weighted by Gasteiger charge is -2.26. The van der Waals surface area contributed by atoms with Gasteiger partial charge >= 0.3 is 0 Å². The lowest BCUT2D eigenvalue weighted by Crippen LogP contribution is -2.35. The third-order valence-electron chi connectivity index (χ3n) is 5.85. The van der Waals surface area contributed by atoms with Gasteiger partial charge in [0.1, 0.15) is 0 Å². The molecule has 1 aliphatic heterocycles. The highest BCUT2D eigenvalue weighted by Crippen LogP contribution is 2.27. The number of para-hydroxylation sites is 1. The van der Waals surface area contributed by atoms with Crippen LogP contribution >= 0.6 is 11.3 Å². The van der Waals surface area contributed by atoms with E-state index in [1.807, 2.05) is 48.5 Å². The topological polar surface area (TPSA) is 54.7 Å². The van der Waals surface area contributed by atoms with Crippen LogP contribution in [0.4, 0.5) is 5.69 Å². The van der Waals surface area contributed by atoms with Crippen LogP contribution in [0.1, 0.15) is 45.4 Å². The van der Waals surface area contributed by atoms with Gasteiger partial charge in [-0.3, -0.25) is 0 Å². The molecule has 0 saturated carbocycles. The second-order valence-electron chi connectivity index (χ2n) is 8.20. The van der Waals surface area contributed by atoms with Crippen molar-refractivity contribution in [1.29, 1.82) is 0 Å². The summed E-state index contributed by atoms with van der Waals surface area (Å²) in [6.45, 7) is 4.29. The number of unbranched alkanes of at least 4 members (excludes halogenated alkanes) is 2. The lowest BCUT2D eigenvalue weighted by molar-refractivity contribution is 0.346. The van der Waals surface area contributed by atoms with Gasteiger partial charge < -0.3 is 4.57 Å². The van der Waals surface area contributed by atoms with Gasteiger partial charge in [0.25, 0.3) is 0 Å². The Morgan fingerprint density at radius 2 is 1.75 bits per heavy atom. The summed E-state index contributed by atoms with van der Waals surface area (Å²) in [5.41, 5.74) is 2.87. The molecule has 32 heavy (non-hydrogen) atoms. The Morgan fingerprint density at radius 3 is 2.50 bits per heavy atom. The first-order chi connectivity index (χ1) is 15.6. The molecule has 5 nitrogen and oxygen atoms in total. The predicted octanol–water partition coefficient (Wildman–Crippen LogP) is 5.81. The van der Waals surface area contributed by atoms with Gasteiger partial charge in [-0.2, -0.15) is 4.31 Å². The van der Waals surface area contributed by atoms with E-state index in [4.69, 9.17) is 4.99 Å². The van der Waals surface area contributed by atoms with E-state index in [-0.39, 0.29) is 0 Å². The van der Waals surface area contributed by atoms with Gasteiger partial charge in [0, 0.05) is 30.6 Å². The summed E-state index contributed by atoms with van der Waals surface area (Å²) in [5, 5.41) is 2.10. The molecule has 0 spiro atoms. The molecule has 4 rings (SSSR count). The van der Waals surface area contributed by atoms with E-state index in [1.54, 1.807) is 21.7 Å². The molecule has 1 fully saturated rings. The second-order valence-corrected chi connectivity index (χ2v) is 11.0. The number of sulfonamides is 1. The Kier molecular flexibility index (Phi) is 7.60. The number of aromatic nitrogens is 1. The molecule has 170 valence electrons. The van der Waals surface area contributed by atoms with Crippen molar-refractivity contribution in [2.45, 2.75) is 56.9 Å². The number of nitrogens with zero attached hydrogens (tertiary/aromatic N) is 3. The number of thiazole rings is 1. The Hall–Kier alpha value is -2.22. The summed E-state index contributed by atoms with van der Waals surface area (Å²) in [7, 11) is -3.46. The zero-order valence-corrected chi connectivity index (χ0v) is 20.2. The number of hydrogen-bond acceptors (Lipinski definition) is 4.